The number of aryl methyl sites for hydroxylation is 1. The van der Waals surface area contributed by atoms with Gasteiger partial charge in [0.15, 0.2) is 0 Å². The van der Waals surface area contributed by atoms with Crippen molar-refractivity contribution in [3.63, 3.8) is 0 Å². The molecule has 0 N–H and O–H groups in total. The van der Waals surface area contributed by atoms with Crippen LogP contribution in [0, 0.1) is 6.92 Å². The van der Waals surface area contributed by atoms with Crippen LogP contribution in [0.2, 0.25) is 0 Å². The zero-order valence-corrected chi connectivity index (χ0v) is 13.2. The number of hydrogen-bond acceptors (Lipinski definition) is 5. The molecule has 0 amide bonds. The molecule has 0 aliphatic carbocycles. The fourth-order valence-corrected chi connectivity index (χ4v) is 3.46. The van der Waals surface area contributed by atoms with Gasteiger partial charge in [-0.1, -0.05) is 0 Å². The number of likely N-dealkylation sites (tertiary alicyclic amines) is 1. The van der Waals surface area contributed by atoms with E-state index in [2.05, 4.69) is 21.8 Å². The maximum absolute atomic E-state index is 5.86. The van der Waals surface area contributed by atoms with E-state index in [1.165, 1.54) is 25.9 Å². The van der Waals surface area contributed by atoms with Crippen molar-refractivity contribution in [1.82, 2.24) is 14.9 Å². The highest BCUT2D eigenvalue weighted by molar-refractivity contribution is 7.15. The number of rotatable bonds is 6. The van der Waals surface area contributed by atoms with Gasteiger partial charge in [-0.25, -0.2) is 4.98 Å². The number of thiazole rings is 1. The molecule has 3 rings (SSSR count). The van der Waals surface area contributed by atoms with Crippen LogP contribution in [0.4, 0.5) is 0 Å². The first kappa shape index (κ1) is 14.5. The van der Waals surface area contributed by atoms with E-state index >= 15 is 0 Å². The highest BCUT2D eigenvalue weighted by Crippen LogP contribution is 2.31. The first-order valence-electron chi connectivity index (χ1n) is 7.56. The van der Waals surface area contributed by atoms with Crippen LogP contribution in [0.5, 0.6) is 5.88 Å². The lowest BCUT2D eigenvalue weighted by Gasteiger charge is -2.13. The maximum Gasteiger partial charge on any atom is 0.227 e. The SMILES string of the molecule is Cc1sc(-c2ccncc2)nc1OCCCN1CCCC1. The standard InChI is InChI=1S/C16H21N3OS/c1-13-15(20-12-4-11-19-9-2-3-10-19)18-16(21-13)14-5-7-17-8-6-14/h5-8H,2-4,9-12H2,1H3. The number of ether oxygens (including phenoxy) is 1. The van der Waals surface area contributed by atoms with E-state index in [1.807, 2.05) is 12.1 Å². The lowest BCUT2D eigenvalue weighted by atomic mass is 10.3. The van der Waals surface area contributed by atoms with Crippen molar-refractivity contribution in [2.45, 2.75) is 26.2 Å². The van der Waals surface area contributed by atoms with Crippen LogP contribution in [-0.2, 0) is 0 Å². The molecular formula is C16H21N3OS. The molecule has 0 saturated carbocycles. The van der Waals surface area contributed by atoms with Gasteiger partial charge in [0.2, 0.25) is 5.88 Å². The van der Waals surface area contributed by atoms with Crippen molar-refractivity contribution in [1.29, 1.82) is 0 Å². The topological polar surface area (TPSA) is 38.3 Å². The average molecular weight is 303 g/mol. The molecular weight excluding hydrogens is 282 g/mol. The second-order valence-electron chi connectivity index (χ2n) is 5.37. The third-order valence-electron chi connectivity index (χ3n) is 3.74. The molecule has 0 bridgehead atoms. The van der Waals surface area contributed by atoms with Crippen LogP contribution in [0.1, 0.15) is 24.1 Å². The van der Waals surface area contributed by atoms with Crippen molar-refractivity contribution < 1.29 is 4.74 Å². The number of pyridine rings is 1. The van der Waals surface area contributed by atoms with Gasteiger partial charge in [0.05, 0.1) is 11.5 Å². The van der Waals surface area contributed by atoms with Gasteiger partial charge < -0.3 is 9.64 Å². The van der Waals surface area contributed by atoms with Crippen LogP contribution < -0.4 is 4.74 Å². The summed E-state index contributed by atoms with van der Waals surface area (Å²) in [4.78, 5) is 12.3. The summed E-state index contributed by atoms with van der Waals surface area (Å²) in [6, 6.07) is 3.96. The summed E-state index contributed by atoms with van der Waals surface area (Å²) in [6.07, 6.45) is 7.36. The Bertz CT molecular complexity index is 564. The first-order valence-corrected chi connectivity index (χ1v) is 8.37. The van der Waals surface area contributed by atoms with Crippen molar-refractivity contribution in [3.8, 4) is 16.5 Å². The molecule has 0 aromatic carbocycles. The average Bonchev–Trinajstić information content (AvgIpc) is 3.15. The third kappa shape index (κ3) is 3.80. The molecule has 0 atom stereocenters. The minimum atomic E-state index is 0.747. The monoisotopic (exact) mass is 303 g/mol. The van der Waals surface area contributed by atoms with Crippen LogP contribution in [0.15, 0.2) is 24.5 Å². The third-order valence-corrected chi connectivity index (χ3v) is 4.74. The number of nitrogens with zero attached hydrogens (tertiary/aromatic N) is 3. The summed E-state index contributed by atoms with van der Waals surface area (Å²) in [6.45, 7) is 6.46. The molecule has 0 unspecified atom stereocenters. The second kappa shape index (κ2) is 7.00. The fourth-order valence-electron chi connectivity index (χ4n) is 2.60. The quantitative estimate of drug-likeness (QED) is 0.767. The highest BCUT2D eigenvalue weighted by atomic mass is 32.1. The second-order valence-corrected chi connectivity index (χ2v) is 6.57. The van der Waals surface area contributed by atoms with E-state index in [4.69, 9.17) is 4.74 Å². The van der Waals surface area contributed by atoms with Crippen LogP contribution in [0.3, 0.4) is 0 Å². The van der Waals surface area contributed by atoms with Gasteiger partial charge in [-0.3, -0.25) is 4.98 Å². The lowest BCUT2D eigenvalue weighted by Crippen LogP contribution is -2.21. The molecule has 0 radical (unpaired) electrons. The van der Waals surface area contributed by atoms with Crippen LogP contribution in [-0.4, -0.2) is 41.1 Å². The molecule has 5 heteroatoms. The predicted molar refractivity (Wildman–Crippen MR) is 85.9 cm³/mol. The normalized spacial score (nSPS) is 15.5. The van der Waals surface area contributed by atoms with Gasteiger partial charge in [-0.2, -0.15) is 0 Å². The fraction of sp³-hybridized carbons (Fsp3) is 0.500. The summed E-state index contributed by atoms with van der Waals surface area (Å²) in [7, 11) is 0. The van der Waals surface area contributed by atoms with E-state index < -0.39 is 0 Å². The maximum atomic E-state index is 5.86. The summed E-state index contributed by atoms with van der Waals surface area (Å²) in [5.74, 6) is 0.785. The Morgan fingerprint density at radius 2 is 2.00 bits per heavy atom. The van der Waals surface area contributed by atoms with E-state index in [9.17, 15) is 0 Å². The van der Waals surface area contributed by atoms with Crippen LogP contribution in [0.25, 0.3) is 10.6 Å². The summed E-state index contributed by atoms with van der Waals surface area (Å²) in [5, 5.41) is 1.00. The molecule has 2 aromatic rings. The summed E-state index contributed by atoms with van der Waals surface area (Å²) >= 11 is 1.68. The van der Waals surface area contributed by atoms with Gasteiger partial charge in [0.25, 0.3) is 0 Å². The van der Waals surface area contributed by atoms with Crippen molar-refractivity contribution >= 4 is 11.3 Å². The van der Waals surface area contributed by atoms with Crippen LogP contribution >= 0.6 is 11.3 Å². The van der Waals surface area contributed by atoms with E-state index in [0.717, 1.165) is 40.9 Å². The Hall–Kier alpha value is -1.46. The minimum absolute atomic E-state index is 0.747. The summed E-state index contributed by atoms with van der Waals surface area (Å²) < 4.78 is 5.86. The van der Waals surface area contributed by atoms with Gasteiger partial charge >= 0.3 is 0 Å². The molecule has 4 nitrogen and oxygen atoms in total. The van der Waals surface area contributed by atoms with Gasteiger partial charge in [0.1, 0.15) is 5.01 Å². The zero-order valence-electron chi connectivity index (χ0n) is 12.4. The Kier molecular flexibility index (Phi) is 4.83. The van der Waals surface area contributed by atoms with Crippen molar-refractivity contribution in [2.75, 3.05) is 26.2 Å². The minimum Gasteiger partial charge on any atom is -0.477 e. The molecule has 1 aliphatic rings. The zero-order chi connectivity index (χ0) is 14.5. The molecule has 3 heterocycles. The lowest BCUT2D eigenvalue weighted by molar-refractivity contribution is 0.257. The summed E-state index contributed by atoms with van der Waals surface area (Å²) in [5.41, 5.74) is 1.10. The predicted octanol–water partition coefficient (Wildman–Crippen LogP) is 3.38. The van der Waals surface area contributed by atoms with Crippen molar-refractivity contribution in [3.05, 3.63) is 29.4 Å². The molecule has 2 aromatic heterocycles. The van der Waals surface area contributed by atoms with Gasteiger partial charge in [-0.05, 0) is 51.4 Å². The van der Waals surface area contributed by atoms with E-state index in [0.29, 0.717) is 0 Å². The molecule has 112 valence electrons. The van der Waals surface area contributed by atoms with Gasteiger partial charge in [-0.15, -0.1) is 11.3 Å². The molecule has 1 aliphatic heterocycles. The van der Waals surface area contributed by atoms with Crippen molar-refractivity contribution in [2.24, 2.45) is 0 Å². The van der Waals surface area contributed by atoms with E-state index in [1.54, 1.807) is 23.7 Å². The molecule has 0 spiro atoms. The van der Waals surface area contributed by atoms with E-state index in [-0.39, 0.29) is 0 Å². The molecule has 1 fully saturated rings. The largest absolute Gasteiger partial charge is 0.477 e. The smallest absolute Gasteiger partial charge is 0.227 e. The first-order chi connectivity index (χ1) is 10.3. The number of aromatic nitrogens is 2. The highest BCUT2D eigenvalue weighted by Gasteiger charge is 2.12. The molecule has 1 saturated heterocycles. The molecule has 21 heavy (non-hydrogen) atoms. The Balaban J connectivity index is 1.52. The Morgan fingerprint density at radius 3 is 2.76 bits per heavy atom. The van der Waals surface area contributed by atoms with Gasteiger partial charge in [0, 0.05) is 24.5 Å². The Labute approximate surface area is 129 Å². The Morgan fingerprint density at radius 1 is 1.24 bits per heavy atom. The number of hydrogen-bond donors (Lipinski definition) is 0.